The molecule has 1 radical (unpaired) electrons. The normalized spacial score (nSPS) is 16.1. The molecule has 0 fully saturated rings. The summed E-state index contributed by atoms with van der Waals surface area (Å²) in [6, 6.07) is 20.6. The molecule has 0 bridgehead atoms. The molecule has 1 unspecified atom stereocenters. The number of para-hydroxylation sites is 1. The summed E-state index contributed by atoms with van der Waals surface area (Å²) in [6.07, 6.45) is 0.531. The van der Waals surface area contributed by atoms with Gasteiger partial charge in [0.25, 0.3) is 10.0 Å². The number of benzene rings is 3. The minimum Gasteiger partial charge on any atom is -0.258 e. The van der Waals surface area contributed by atoms with Gasteiger partial charge in [-0.15, -0.1) is 0 Å². The molecule has 26 heavy (non-hydrogen) atoms. The molecule has 5 heteroatoms. The summed E-state index contributed by atoms with van der Waals surface area (Å²) in [4.78, 5) is 0.198. The van der Waals surface area contributed by atoms with Crippen LogP contribution in [0.5, 0.6) is 0 Å². The van der Waals surface area contributed by atoms with Gasteiger partial charge in [0.2, 0.25) is 0 Å². The van der Waals surface area contributed by atoms with Crippen molar-refractivity contribution in [3.63, 3.8) is 0 Å². The minimum atomic E-state index is -3.80. The predicted molar refractivity (Wildman–Crippen MR) is 99.8 cm³/mol. The van der Waals surface area contributed by atoms with E-state index in [1.165, 1.54) is 28.6 Å². The lowest BCUT2D eigenvalue weighted by Gasteiger charge is -2.38. The summed E-state index contributed by atoms with van der Waals surface area (Å²) >= 11 is 0. The second-order valence-electron chi connectivity index (χ2n) is 6.21. The van der Waals surface area contributed by atoms with Crippen molar-refractivity contribution in [3.05, 3.63) is 84.2 Å². The first kappa shape index (κ1) is 16.8. The molecule has 0 aromatic heterocycles. The van der Waals surface area contributed by atoms with E-state index in [1.807, 2.05) is 25.1 Å². The fourth-order valence-corrected chi connectivity index (χ4v) is 5.31. The summed E-state index contributed by atoms with van der Waals surface area (Å²) in [7, 11) is -3.80. The Balaban J connectivity index is 2.01. The lowest BCUT2D eigenvalue weighted by molar-refractivity contribution is 0.569. The van der Waals surface area contributed by atoms with Crippen LogP contribution in [0.1, 0.15) is 24.9 Å². The Bertz CT molecular complexity index is 1060. The molecule has 3 nitrogen and oxygen atoms in total. The van der Waals surface area contributed by atoms with Gasteiger partial charge in [-0.25, -0.2) is 12.8 Å². The number of anilines is 1. The van der Waals surface area contributed by atoms with Gasteiger partial charge in [-0.1, -0.05) is 43.3 Å². The fourth-order valence-electron chi connectivity index (χ4n) is 3.58. The van der Waals surface area contributed by atoms with Crippen molar-refractivity contribution in [3.8, 4) is 11.1 Å². The molecule has 3 aromatic carbocycles. The van der Waals surface area contributed by atoms with Crippen molar-refractivity contribution in [1.29, 1.82) is 0 Å². The highest BCUT2D eigenvalue weighted by Crippen LogP contribution is 2.48. The Labute approximate surface area is 152 Å². The predicted octanol–water partition coefficient (Wildman–Crippen LogP) is 4.95. The van der Waals surface area contributed by atoms with E-state index >= 15 is 0 Å². The molecule has 1 atom stereocenters. The molecular weight excluding hydrogens is 349 g/mol. The standard InChI is InChI=1S/C21H17FNO2S/c1-2-20-19-14-15(22)12-13-17(19)18-10-6-7-11-21(18)23(20)26(24,25)16-8-4-3-5-9-16/h4-14,20H,2H2,1H3. The Kier molecular flexibility index (Phi) is 4.04. The van der Waals surface area contributed by atoms with Crippen LogP contribution in [0.25, 0.3) is 11.1 Å². The quantitative estimate of drug-likeness (QED) is 0.657. The largest absolute Gasteiger partial charge is 0.264 e. The highest BCUT2D eigenvalue weighted by atomic mass is 32.2. The molecule has 4 rings (SSSR count). The zero-order valence-electron chi connectivity index (χ0n) is 14.2. The van der Waals surface area contributed by atoms with Crippen LogP contribution in [-0.4, -0.2) is 8.42 Å². The van der Waals surface area contributed by atoms with Gasteiger partial charge in [-0.2, -0.15) is 0 Å². The Hall–Kier alpha value is -2.66. The maximum Gasteiger partial charge on any atom is 0.264 e. The molecule has 131 valence electrons. The molecular formula is C21H17FNO2S. The number of hydrogen-bond donors (Lipinski definition) is 0. The highest BCUT2D eigenvalue weighted by molar-refractivity contribution is 7.92. The number of halogens is 1. The fraction of sp³-hybridized carbons (Fsp3) is 0.143. The van der Waals surface area contributed by atoms with E-state index in [0.29, 0.717) is 17.7 Å². The second-order valence-corrected chi connectivity index (χ2v) is 8.02. The van der Waals surface area contributed by atoms with Crippen LogP contribution in [0.2, 0.25) is 0 Å². The molecule has 3 aromatic rings. The Morgan fingerprint density at radius 1 is 1.04 bits per heavy atom. The summed E-state index contributed by atoms with van der Waals surface area (Å²) in [5.74, 6) is -0.367. The molecule has 0 N–H and O–H groups in total. The zero-order chi connectivity index (χ0) is 18.3. The molecule has 1 aliphatic heterocycles. The van der Waals surface area contributed by atoms with Crippen LogP contribution < -0.4 is 4.31 Å². The number of fused-ring (bicyclic) bond motifs is 3. The van der Waals surface area contributed by atoms with Crippen LogP contribution in [0.3, 0.4) is 0 Å². The average Bonchev–Trinajstić information content (AvgIpc) is 2.67. The lowest BCUT2D eigenvalue weighted by Crippen LogP contribution is -2.37. The number of rotatable bonds is 3. The highest BCUT2D eigenvalue weighted by Gasteiger charge is 2.38. The summed E-state index contributed by atoms with van der Waals surface area (Å²) in [5.41, 5.74) is 2.98. The lowest BCUT2D eigenvalue weighted by atomic mass is 9.88. The monoisotopic (exact) mass is 366 g/mol. The zero-order valence-corrected chi connectivity index (χ0v) is 15.0. The van der Waals surface area contributed by atoms with Crippen molar-refractivity contribution in [2.75, 3.05) is 4.31 Å². The van der Waals surface area contributed by atoms with E-state index in [4.69, 9.17) is 0 Å². The molecule has 1 heterocycles. The van der Waals surface area contributed by atoms with Gasteiger partial charge in [0.15, 0.2) is 0 Å². The number of hydrogen-bond acceptors (Lipinski definition) is 2. The Morgan fingerprint density at radius 2 is 1.77 bits per heavy atom. The summed E-state index contributed by atoms with van der Waals surface area (Å²) < 4.78 is 42.2. The van der Waals surface area contributed by atoms with Crippen LogP contribution in [-0.2, 0) is 10.0 Å². The molecule has 0 spiro atoms. The van der Waals surface area contributed by atoms with Crippen LogP contribution >= 0.6 is 0 Å². The molecule has 0 saturated carbocycles. The minimum absolute atomic E-state index is 0.198. The van der Waals surface area contributed by atoms with Crippen LogP contribution in [0.4, 0.5) is 10.1 Å². The van der Waals surface area contributed by atoms with Gasteiger partial charge in [-0.05, 0) is 53.9 Å². The summed E-state index contributed by atoms with van der Waals surface area (Å²) in [5, 5.41) is 0. The summed E-state index contributed by atoms with van der Waals surface area (Å²) in [6.45, 7) is 1.91. The molecule has 1 aliphatic rings. The van der Waals surface area contributed by atoms with E-state index in [0.717, 1.165) is 11.1 Å². The van der Waals surface area contributed by atoms with E-state index in [1.54, 1.807) is 24.3 Å². The first-order chi connectivity index (χ1) is 12.5. The molecule has 0 saturated heterocycles. The SMILES string of the molecule is CCC1c2cc(F)ccc2-c2ccccc2N1S(=O)(=O)c1cc[c]cc1. The molecule has 0 aliphatic carbocycles. The van der Waals surface area contributed by atoms with Crippen LogP contribution in [0.15, 0.2) is 71.6 Å². The number of nitrogens with zero attached hydrogens (tertiary/aromatic N) is 1. The molecule has 0 amide bonds. The van der Waals surface area contributed by atoms with Crippen molar-refractivity contribution >= 4 is 15.7 Å². The third-order valence-electron chi connectivity index (χ3n) is 4.72. The van der Waals surface area contributed by atoms with Crippen molar-refractivity contribution in [1.82, 2.24) is 0 Å². The number of sulfonamides is 1. The van der Waals surface area contributed by atoms with Crippen LogP contribution in [0, 0.1) is 11.9 Å². The van der Waals surface area contributed by atoms with Gasteiger partial charge in [0.1, 0.15) is 5.82 Å². The smallest absolute Gasteiger partial charge is 0.258 e. The van der Waals surface area contributed by atoms with Gasteiger partial charge < -0.3 is 0 Å². The second kappa shape index (κ2) is 6.25. The van der Waals surface area contributed by atoms with Gasteiger partial charge >= 0.3 is 0 Å². The Morgan fingerprint density at radius 3 is 2.50 bits per heavy atom. The third kappa shape index (κ3) is 2.51. The maximum atomic E-state index is 14.0. The van der Waals surface area contributed by atoms with E-state index in [-0.39, 0.29) is 10.7 Å². The van der Waals surface area contributed by atoms with Gasteiger partial charge in [-0.3, -0.25) is 4.31 Å². The average molecular weight is 366 g/mol. The van der Waals surface area contributed by atoms with Crippen molar-refractivity contribution in [2.24, 2.45) is 0 Å². The van der Waals surface area contributed by atoms with E-state index in [9.17, 15) is 12.8 Å². The van der Waals surface area contributed by atoms with E-state index < -0.39 is 16.1 Å². The first-order valence-electron chi connectivity index (χ1n) is 8.43. The van der Waals surface area contributed by atoms with E-state index in [2.05, 4.69) is 6.07 Å². The first-order valence-corrected chi connectivity index (χ1v) is 9.87. The third-order valence-corrected chi connectivity index (χ3v) is 6.56. The van der Waals surface area contributed by atoms with Crippen molar-refractivity contribution in [2.45, 2.75) is 24.3 Å². The topological polar surface area (TPSA) is 37.4 Å². The maximum absolute atomic E-state index is 14.0. The van der Waals surface area contributed by atoms with Gasteiger partial charge in [0, 0.05) is 5.56 Å². The van der Waals surface area contributed by atoms with Crippen molar-refractivity contribution < 1.29 is 12.8 Å². The van der Waals surface area contributed by atoms with Gasteiger partial charge in [0.05, 0.1) is 16.6 Å².